The second-order valence-electron chi connectivity index (χ2n) is 2.73. The van der Waals surface area contributed by atoms with Crippen LogP contribution in [0.3, 0.4) is 0 Å². The van der Waals surface area contributed by atoms with Crippen LogP contribution in [0.1, 0.15) is 45.4 Å². The van der Waals surface area contributed by atoms with Crippen LogP contribution in [0.4, 0.5) is 0 Å². The molecule has 0 aromatic rings. The van der Waals surface area contributed by atoms with Gasteiger partial charge in [0, 0.05) is 5.41 Å². The van der Waals surface area contributed by atoms with E-state index in [1.807, 2.05) is 6.26 Å². The lowest BCUT2D eigenvalue weighted by Gasteiger charge is -1.95. The normalized spacial score (nSPS) is 11.1. The lowest BCUT2D eigenvalue weighted by atomic mass is 10.1. The van der Waals surface area contributed by atoms with Gasteiger partial charge in [0.25, 0.3) is 0 Å². The predicted octanol–water partition coefficient (Wildman–Crippen LogP) is 4.03. The number of hydrogen-bond donors (Lipinski definition) is 0. The van der Waals surface area contributed by atoms with Crippen molar-refractivity contribution in [3.05, 3.63) is 11.5 Å². The first-order valence-electron chi connectivity index (χ1n) is 4.52. The van der Waals surface area contributed by atoms with Gasteiger partial charge in [-0.05, 0) is 19.1 Å². The fraction of sp³-hybridized carbons (Fsp3) is 0.800. The lowest BCUT2D eigenvalue weighted by Crippen LogP contribution is -1.75. The zero-order valence-corrected chi connectivity index (χ0v) is 8.54. The molecule has 0 fully saturated rings. The molecule has 11 heavy (non-hydrogen) atoms. The highest BCUT2D eigenvalue weighted by Gasteiger charge is 1.85. The van der Waals surface area contributed by atoms with Crippen molar-refractivity contribution < 1.29 is 0 Å². The van der Waals surface area contributed by atoms with Crippen LogP contribution in [0.15, 0.2) is 6.08 Å². The first-order valence-corrected chi connectivity index (χ1v) is 5.74. The van der Waals surface area contributed by atoms with Gasteiger partial charge in [-0.1, -0.05) is 38.7 Å². The van der Waals surface area contributed by atoms with Gasteiger partial charge in [-0.2, -0.15) is 0 Å². The van der Waals surface area contributed by atoms with E-state index >= 15 is 0 Å². The Morgan fingerprint density at radius 2 is 1.91 bits per heavy atom. The average molecular weight is 171 g/mol. The maximum Gasteiger partial charge on any atom is 0.0162 e. The van der Waals surface area contributed by atoms with Crippen molar-refractivity contribution >= 4 is 11.8 Å². The third kappa shape index (κ3) is 10.1. The molecular formula is C10H19S. The summed E-state index contributed by atoms with van der Waals surface area (Å²) in [5, 5.41) is 3.13. The Hall–Kier alpha value is 0.0900. The number of allylic oxidation sites excluding steroid dienone is 1. The van der Waals surface area contributed by atoms with Gasteiger partial charge in [0.2, 0.25) is 0 Å². The van der Waals surface area contributed by atoms with Crippen LogP contribution >= 0.6 is 11.8 Å². The minimum Gasteiger partial charge on any atom is -0.129 e. The fourth-order valence-electron chi connectivity index (χ4n) is 0.992. The second-order valence-corrected chi connectivity index (χ2v) is 3.37. The Balaban J connectivity index is 2.85. The van der Waals surface area contributed by atoms with Gasteiger partial charge in [-0.25, -0.2) is 0 Å². The van der Waals surface area contributed by atoms with Crippen LogP contribution < -0.4 is 0 Å². The number of thioether (sulfide) groups is 1. The minimum atomic E-state index is 1.21. The van der Waals surface area contributed by atoms with E-state index in [1.54, 1.807) is 11.8 Å². The Bertz CT molecular complexity index is 86.9. The molecule has 1 heteroatoms. The summed E-state index contributed by atoms with van der Waals surface area (Å²) >= 11 is 1.66. The predicted molar refractivity (Wildman–Crippen MR) is 54.7 cm³/mol. The van der Waals surface area contributed by atoms with Gasteiger partial charge in [-0.3, -0.25) is 0 Å². The lowest BCUT2D eigenvalue weighted by molar-refractivity contribution is 0.637. The minimum absolute atomic E-state index is 1.21. The molecule has 0 aliphatic rings. The molecule has 0 saturated heterocycles. The highest BCUT2D eigenvalue weighted by atomic mass is 32.2. The van der Waals surface area contributed by atoms with E-state index in [4.69, 9.17) is 0 Å². The average Bonchev–Trinajstić information content (AvgIpc) is 2.03. The van der Waals surface area contributed by atoms with Crippen LogP contribution in [0.25, 0.3) is 0 Å². The van der Waals surface area contributed by atoms with Crippen LogP contribution in [0.2, 0.25) is 0 Å². The molecule has 0 spiro atoms. The van der Waals surface area contributed by atoms with Gasteiger partial charge in [-0.15, -0.1) is 11.8 Å². The molecule has 0 aromatic heterocycles. The molecule has 0 nitrogen and oxygen atoms in total. The van der Waals surface area contributed by atoms with Crippen LogP contribution in [-0.2, 0) is 0 Å². The summed E-state index contributed by atoms with van der Waals surface area (Å²) in [7, 11) is 0. The van der Waals surface area contributed by atoms with E-state index in [-0.39, 0.29) is 0 Å². The molecule has 0 N–H and O–H groups in total. The van der Waals surface area contributed by atoms with E-state index in [0.717, 1.165) is 0 Å². The first-order chi connectivity index (χ1) is 5.41. The topological polar surface area (TPSA) is 0 Å². The van der Waals surface area contributed by atoms with Crippen molar-refractivity contribution in [2.24, 2.45) is 0 Å². The molecular weight excluding hydrogens is 152 g/mol. The molecule has 0 aliphatic carbocycles. The zero-order valence-electron chi connectivity index (χ0n) is 7.73. The summed E-state index contributed by atoms with van der Waals surface area (Å²) in [6.45, 7) is 2.25. The highest BCUT2D eigenvalue weighted by molar-refractivity contribution is 8.00. The molecule has 0 unspecified atom stereocenters. The fourth-order valence-corrected chi connectivity index (χ4v) is 1.28. The first kappa shape index (κ1) is 11.1. The van der Waals surface area contributed by atoms with Crippen molar-refractivity contribution in [3.63, 3.8) is 0 Å². The van der Waals surface area contributed by atoms with Gasteiger partial charge < -0.3 is 0 Å². The number of rotatable bonds is 7. The number of hydrogen-bond acceptors (Lipinski definition) is 1. The van der Waals surface area contributed by atoms with Gasteiger partial charge in [0.05, 0.1) is 0 Å². The maximum absolute atomic E-state index is 3.13. The maximum atomic E-state index is 3.13. The summed E-state index contributed by atoms with van der Waals surface area (Å²) < 4.78 is 0. The largest absolute Gasteiger partial charge is 0.129 e. The SMILES string of the molecule is CCCCCCCC=[C]SC. The Kier molecular flexibility index (Phi) is 10.2. The third-order valence-electron chi connectivity index (χ3n) is 1.65. The molecule has 0 heterocycles. The third-order valence-corrected chi connectivity index (χ3v) is 2.06. The monoisotopic (exact) mass is 171 g/mol. The Labute approximate surface area is 75.5 Å². The smallest absolute Gasteiger partial charge is 0.0162 e. The van der Waals surface area contributed by atoms with Crippen molar-refractivity contribution in [2.45, 2.75) is 45.4 Å². The Morgan fingerprint density at radius 1 is 1.18 bits per heavy atom. The molecule has 0 aromatic carbocycles. The van der Waals surface area contributed by atoms with E-state index in [1.165, 1.54) is 38.5 Å². The van der Waals surface area contributed by atoms with E-state index in [2.05, 4.69) is 18.4 Å². The second kappa shape index (κ2) is 10.1. The molecule has 0 bridgehead atoms. The highest BCUT2D eigenvalue weighted by Crippen LogP contribution is 2.05. The van der Waals surface area contributed by atoms with E-state index < -0.39 is 0 Å². The van der Waals surface area contributed by atoms with Gasteiger partial charge in [0.1, 0.15) is 0 Å². The van der Waals surface area contributed by atoms with Crippen molar-refractivity contribution in [1.29, 1.82) is 0 Å². The number of unbranched alkanes of at least 4 members (excludes halogenated alkanes) is 5. The van der Waals surface area contributed by atoms with Gasteiger partial charge >= 0.3 is 0 Å². The summed E-state index contributed by atoms with van der Waals surface area (Å²) in [6.07, 6.45) is 12.3. The molecule has 1 radical (unpaired) electrons. The molecule has 65 valence electrons. The van der Waals surface area contributed by atoms with Crippen molar-refractivity contribution in [2.75, 3.05) is 6.26 Å². The van der Waals surface area contributed by atoms with Gasteiger partial charge in [0.15, 0.2) is 0 Å². The summed E-state index contributed by atoms with van der Waals surface area (Å²) in [5.74, 6) is 0. The summed E-state index contributed by atoms with van der Waals surface area (Å²) in [5.41, 5.74) is 0. The molecule has 0 atom stereocenters. The molecule has 0 rings (SSSR count). The van der Waals surface area contributed by atoms with Crippen LogP contribution in [-0.4, -0.2) is 6.26 Å². The van der Waals surface area contributed by atoms with Crippen molar-refractivity contribution in [3.8, 4) is 0 Å². The standard InChI is InChI=1S/C10H19S/c1-3-4-5-6-7-8-9-10-11-2/h9H,3-8H2,1-2H3. The van der Waals surface area contributed by atoms with Crippen LogP contribution in [0, 0.1) is 5.41 Å². The van der Waals surface area contributed by atoms with E-state index in [9.17, 15) is 0 Å². The summed E-state index contributed by atoms with van der Waals surface area (Å²) in [6, 6.07) is 0. The molecule has 0 aliphatic heterocycles. The van der Waals surface area contributed by atoms with Crippen molar-refractivity contribution in [1.82, 2.24) is 0 Å². The van der Waals surface area contributed by atoms with Crippen LogP contribution in [0.5, 0.6) is 0 Å². The summed E-state index contributed by atoms with van der Waals surface area (Å²) in [4.78, 5) is 0. The van der Waals surface area contributed by atoms with E-state index in [0.29, 0.717) is 0 Å². The quantitative estimate of drug-likeness (QED) is 0.521. The molecule has 0 saturated carbocycles. The Morgan fingerprint density at radius 3 is 2.55 bits per heavy atom. The zero-order chi connectivity index (χ0) is 8.36. The molecule has 0 amide bonds.